The summed E-state index contributed by atoms with van der Waals surface area (Å²) in [4.78, 5) is 9.82. The van der Waals surface area contributed by atoms with E-state index in [2.05, 4.69) is 9.46 Å². The molecule has 0 bridgehead atoms. The van der Waals surface area contributed by atoms with Crippen LogP contribution in [0.15, 0.2) is 24.3 Å². The number of carbonyl (C=O) groups excluding carboxylic acids is 1. The minimum atomic E-state index is -2.61. The van der Waals surface area contributed by atoms with Gasteiger partial charge in [-0.3, -0.25) is 9.52 Å². The molecule has 0 fully saturated rings. The average Bonchev–Trinajstić information content (AvgIpc) is 2.38. The Bertz CT molecular complexity index is 450. The molecule has 0 aliphatic rings. The molecule has 7 nitrogen and oxygen atoms in total. The fraction of sp³-hybridized carbons (Fsp3) is 0.417. The first-order valence-corrected chi connectivity index (χ1v) is 6.93. The third kappa shape index (κ3) is 10.2. The van der Waals surface area contributed by atoms with Gasteiger partial charge in [-0.25, -0.2) is 8.42 Å². The number of anilines is 1. The second-order valence-electron chi connectivity index (χ2n) is 3.37. The van der Waals surface area contributed by atoms with E-state index in [1.165, 1.54) is 14.0 Å². The molecule has 1 aromatic rings. The number of methoxy groups -OCH3 is 1. The second kappa shape index (κ2) is 11.1. The number of ether oxygens (including phenoxy) is 3. The molecule has 0 aliphatic heterocycles. The summed E-state index contributed by atoms with van der Waals surface area (Å²) in [5.41, 5.74) is 0.505. The summed E-state index contributed by atoms with van der Waals surface area (Å²) in [6.45, 7) is 3.82. The molecule has 1 aromatic carbocycles. The molecule has 0 saturated heterocycles. The fourth-order valence-corrected chi connectivity index (χ4v) is 1.42. The summed E-state index contributed by atoms with van der Waals surface area (Å²) >= 11 is 0. The highest BCUT2D eigenvalue weighted by Crippen LogP contribution is 2.15. The summed E-state index contributed by atoms with van der Waals surface area (Å²) in [7, 11) is -1.09. The number of thiol groups is 1. The van der Waals surface area contributed by atoms with Crippen molar-refractivity contribution in [3.63, 3.8) is 0 Å². The van der Waals surface area contributed by atoms with E-state index in [0.717, 1.165) is 0 Å². The SMILES string of the molecule is CCOC(C)=O.COCOc1ccc(N[SH](=O)=O)cc1. The van der Waals surface area contributed by atoms with Crippen LogP contribution in [0.2, 0.25) is 0 Å². The maximum Gasteiger partial charge on any atom is 0.302 e. The van der Waals surface area contributed by atoms with Crippen molar-refractivity contribution in [1.29, 1.82) is 0 Å². The topological polar surface area (TPSA) is 90.9 Å². The van der Waals surface area contributed by atoms with E-state index in [9.17, 15) is 13.2 Å². The second-order valence-corrected chi connectivity index (χ2v) is 4.11. The third-order valence-electron chi connectivity index (χ3n) is 1.77. The van der Waals surface area contributed by atoms with E-state index >= 15 is 0 Å². The van der Waals surface area contributed by atoms with E-state index in [4.69, 9.17) is 9.47 Å². The number of rotatable bonds is 6. The molecular formula is C12H19NO6S. The van der Waals surface area contributed by atoms with Gasteiger partial charge in [-0.05, 0) is 31.2 Å². The Balaban J connectivity index is 0.000000511. The van der Waals surface area contributed by atoms with Crippen molar-refractivity contribution in [3.8, 4) is 5.75 Å². The highest BCUT2D eigenvalue weighted by atomic mass is 32.2. The first kappa shape index (κ1) is 18.2. The van der Waals surface area contributed by atoms with E-state index in [0.29, 0.717) is 18.0 Å². The molecular weight excluding hydrogens is 286 g/mol. The van der Waals surface area contributed by atoms with E-state index < -0.39 is 10.9 Å². The van der Waals surface area contributed by atoms with Gasteiger partial charge >= 0.3 is 5.97 Å². The molecule has 0 heterocycles. The van der Waals surface area contributed by atoms with Gasteiger partial charge in [0.1, 0.15) is 5.75 Å². The van der Waals surface area contributed by atoms with E-state index in [1.807, 2.05) is 0 Å². The molecule has 8 heteroatoms. The van der Waals surface area contributed by atoms with Crippen molar-refractivity contribution in [1.82, 2.24) is 0 Å². The summed E-state index contributed by atoms with van der Waals surface area (Å²) in [6, 6.07) is 6.52. The third-order valence-corrected chi connectivity index (χ3v) is 2.21. The van der Waals surface area contributed by atoms with Crippen molar-refractivity contribution < 1.29 is 27.4 Å². The van der Waals surface area contributed by atoms with Crippen molar-refractivity contribution in [3.05, 3.63) is 24.3 Å². The molecule has 0 aromatic heterocycles. The smallest absolute Gasteiger partial charge is 0.302 e. The molecule has 0 spiro atoms. The highest BCUT2D eigenvalue weighted by Gasteiger charge is 1.94. The van der Waals surface area contributed by atoms with Gasteiger partial charge in [-0.15, -0.1) is 0 Å². The van der Waals surface area contributed by atoms with Gasteiger partial charge in [0.2, 0.25) is 10.9 Å². The summed E-state index contributed by atoms with van der Waals surface area (Å²) in [6.07, 6.45) is 0. The summed E-state index contributed by atoms with van der Waals surface area (Å²) in [5, 5.41) is 0. The molecule has 0 unspecified atom stereocenters. The molecule has 20 heavy (non-hydrogen) atoms. The van der Waals surface area contributed by atoms with Crippen LogP contribution >= 0.6 is 0 Å². The van der Waals surface area contributed by atoms with Gasteiger partial charge in [0.25, 0.3) is 0 Å². The average molecular weight is 305 g/mol. The molecule has 1 rings (SSSR count). The number of benzene rings is 1. The van der Waals surface area contributed by atoms with E-state index in [1.54, 1.807) is 31.2 Å². The molecule has 0 radical (unpaired) electrons. The minimum Gasteiger partial charge on any atom is -0.468 e. The van der Waals surface area contributed by atoms with Gasteiger partial charge < -0.3 is 14.2 Å². The lowest BCUT2D eigenvalue weighted by Crippen LogP contribution is -1.99. The largest absolute Gasteiger partial charge is 0.468 e. The molecule has 0 saturated carbocycles. The van der Waals surface area contributed by atoms with Crippen molar-refractivity contribution in [2.75, 3.05) is 25.2 Å². The number of nitrogens with one attached hydrogen (secondary N) is 1. The standard InChI is InChI=1S/C8H11NO4S.C4H8O2/c1-12-6-13-8-4-2-7(3-5-8)9-14(10)11;1-3-6-4(2)5/h2-5,14H,6H2,1H3,(H,9,10,11);3H2,1-2H3. The van der Waals surface area contributed by atoms with Gasteiger partial charge in [0.15, 0.2) is 6.79 Å². The van der Waals surface area contributed by atoms with Crippen LogP contribution in [-0.4, -0.2) is 34.9 Å². The molecule has 0 aliphatic carbocycles. The zero-order valence-electron chi connectivity index (χ0n) is 11.6. The first-order chi connectivity index (χ1) is 9.49. The number of esters is 1. The van der Waals surface area contributed by atoms with Gasteiger partial charge in [0.05, 0.1) is 6.61 Å². The van der Waals surface area contributed by atoms with Gasteiger partial charge in [-0.1, -0.05) is 0 Å². The molecule has 0 atom stereocenters. The van der Waals surface area contributed by atoms with Crippen LogP contribution < -0.4 is 9.46 Å². The lowest BCUT2D eigenvalue weighted by Gasteiger charge is -2.04. The normalized spacial score (nSPS) is 9.40. The van der Waals surface area contributed by atoms with E-state index in [-0.39, 0.29) is 12.8 Å². The molecule has 114 valence electrons. The maximum absolute atomic E-state index is 10.3. The van der Waals surface area contributed by atoms with Crippen LogP contribution in [0.3, 0.4) is 0 Å². The van der Waals surface area contributed by atoms with Gasteiger partial charge in [0, 0.05) is 19.7 Å². The van der Waals surface area contributed by atoms with Crippen molar-refractivity contribution >= 4 is 22.5 Å². The monoisotopic (exact) mass is 305 g/mol. The first-order valence-electron chi connectivity index (χ1n) is 5.75. The van der Waals surface area contributed by atoms with Gasteiger partial charge in [-0.2, -0.15) is 0 Å². The van der Waals surface area contributed by atoms with Crippen LogP contribution in [0, 0.1) is 0 Å². The van der Waals surface area contributed by atoms with Crippen LogP contribution in [0.5, 0.6) is 5.75 Å². The van der Waals surface area contributed by atoms with Crippen LogP contribution in [0.1, 0.15) is 13.8 Å². The Hall–Kier alpha value is -1.80. The Morgan fingerprint density at radius 2 is 1.85 bits per heavy atom. The van der Waals surface area contributed by atoms with Crippen molar-refractivity contribution in [2.45, 2.75) is 13.8 Å². The number of hydrogen-bond donors (Lipinski definition) is 2. The lowest BCUT2D eigenvalue weighted by molar-refractivity contribution is -0.140. The van der Waals surface area contributed by atoms with Crippen LogP contribution in [0.25, 0.3) is 0 Å². The predicted molar refractivity (Wildman–Crippen MR) is 75.2 cm³/mol. The molecule has 0 amide bonds. The van der Waals surface area contributed by atoms with Crippen LogP contribution in [-0.2, 0) is 25.2 Å². The summed E-state index contributed by atoms with van der Waals surface area (Å²) in [5.74, 6) is 0.413. The van der Waals surface area contributed by atoms with Crippen LogP contribution in [0.4, 0.5) is 5.69 Å². The zero-order chi connectivity index (χ0) is 15.4. The summed E-state index contributed by atoms with van der Waals surface area (Å²) < 4.78 is 37.1. The lowest BCUT2D eigenvalue weighted by atomic mass is 10.3. The maximum atomic E-state index is 10.3. The van der Waals surface area contributed by atoms with Crippen molar-refractivity contribution in [2.24, 2.45) is 0 Å². The Kier molecular flexibility index (Phi) is 10.1. The fourth-order valence-electron chi connectivity index (χ4n) is 1.06. The Labute approximate surface area is 119 Å². The Morgan fingerprint density at radius 3 is 2.20 bits per heavy atom. The minimum absolute atomic E-state index is 0.169. The molecule has 1 N–H and O–H groups in total. The quantitative estimate of drug-likeness (QED) is 0.466. The zero-order valence-corrected chi connectivity index (χ0v) is 12.5. The number of carbonyl (C=O) groups is 1. The number of hydrogen-bond acceptors (Lipinski definition) is 6. The Morgan fingerprint density at radius 1 is 1.25 bits per heavy atom. The highest BCUT2D eigenvalue weighted by molar-refractivity contribution is 7.73. The predicted octanol–water partition coefficient (Wildman–Crippen LogP) is 1.18.